The van der Waals surface area contributed by atoms with Gasteiger partial charge in [0.2, 0.25) is 0 Å². The third kappa shape index (κ3) is 5.01. The summed E-state index contributed by atoms with van der Waals surface area (Å²) < 4.78 is 0. The van der Waals surface area contributed by atoms with Crippen molar-refractivity contribution in [2.75, 3.05) is 19.6 Å². The number of aromatic hydroxyl groups is 1. The van der Waals surface area contributed by atoms with Crippen LogP contribution in [0.3, 0.4) is 0 Å². The van der Waals surface area contributed by atoms with E-state index < -0.39 is 0 Å². The highest BCUT2D eigenvalue weighted by Crippen LogP contribution is 2.34. The Labute approximate surface area is 203 Å². The van der Waals surface area contributed by atoms with E-state index in [0.717, 1.165) is 38.2 Å². The molecule has 1 heterocycles. The maximum atomic E-state index is 10.3. The fourth-order valence-electron chi connectivity index (χ4n) is 5.55. The van der Waals surface area contributed by atoms with Crippen LogP contribution in [-0.4, -0.2) is 29.6 Å². The largest absolute Gasteiger partial charge is 0.508 e. The lowest BCUT2D eigenvalue weighted by atomic mass is 9.80. The summed E-state index contributed by atoms with van der Waals surface area (Å²) in [5.74, 6) is 1.43. The number of benzene rings is 4. The second-order valence-electron chi connectivity index (χ2n) is 9.63. The topological polar surface area (TPSA) is 35.5 Å². The van der Waals surface area contributed by atoms with Crippen LogP contribution in [0.25, 0.3) is 10.8 Å². The van der Waals surface area contributed by atoms with E-state index in [0.29, 0.717) is 17.6 Å². The van der Waals surface area contributed by atoms with Gasteiger partial charge in [0.25, 0.3) is 0 Å². The summed E-state index contributed by atoms with van der Waals surface area (Å²) >= 11 is 0. The first-order valence-corrected chi connectivity index (χ1v) is 12.4. The summed E-state index contributed by atoms with van der Waals surface area (Å²) in [6.45, 7) is 6.10. The van der Waals surface area contributed by atoms with Crippen LogP contribution in [0.1, 0.15) is 42.0 Å². The summed E-state index contributed by atoms with van der Waals surface area (Å²) in [6, 6.07) is 34.2. The zero-order valence-corrected chi connectivity index (χ0v) is 19.9. The average molecular weight is 451 g/mol. The number of rotatable bonds is 7. The molecule has 1 fully saturated rings. The molecule has 2 N–H and O–H groups in total. The summed E-state index contributed by atoms with van der Waals surface area (Å²) in [6.07, 6.45) is 1.13. The van der Waals surface area contributed by atoms with Crippen molar-refractivity contribution in [1.82, 2.24) is 10.2 Å². The number of phenolic OH excluding ortho intramolecular Hbond substituents is 1. The lowest BCUT2D eigenvalue weighted by molar-refractivity contribution is 0.142. The van der Waals surface area contributed by atoms with E-state index >= 15 is 0 Å². The number of likely N-dealkylation sites (tertiary alicyclic amines) is 1. The summed E-state index contributed by atoms with van der Waals surface area (Å²) in [5, 5.41) is 16.8. The van der Waals surface area contributed by atoms with E-state index in [1.165, 1.54) is 21.9 Å². The van der Waals surface area contributed by atoms with Gasteiger partial charge in [-0.2, -0.15) is 0 Å². The molecule has 3 atom stereocenters. The van der Waals surface area contributed by atoms with Crippen LogP contribution in [0, 0.1) is 5.92 Å². The van der Waals surface area contributed by atoms with Crippen LogP contribution in [0.2, 0.25) is 0 Å². The molecular weight excluding hydrogens is 416 g/mol. The summed E-state index contributed by atoms with van der Waals surface area (Å²) in [5.41, 5.74) is 3.81. The Morgan fingerprint density at radius 3 is 2.47 bits per heavy atom. The molecule has 2 unspecified atom stereocenters. The molecule has 0 spiro atoms. The highest BCUT2D eigenvalue weighted by molar-refractivity contribution is 5.86. The molecule has 0 aromatic heterocycles. The molecule has 3 heteroatoms. The molecule has 0 saturated carbocycles. The van der Waals surface area contributed by atoms with E-state index in [2.05, 4.69) is 89.9 Å². The van der Waals surface area contributed by atoms with Gasteiger partial charge in [0.1, 0.15) is 5.75 Å². The molecule has 174 valence electrons. The molecule has 4 aromatic rings. The van der Waals surface area contributed by atoms with Crippen LogP contribution in [0.15, 0.2) is 97.1 Å². The number of piperidine rings is 1. The van der Waals surface area contributed by atoms with Crippen molar-refractivity contribution in [3.63, 3.8) is 0 Å². The third-order valence-electron chi connectivity index (χ3n) is 7.41. The molecule has 0 aliphatic carbocycles. The van der Waals surface area contributed by atoms with Gasteiger partial charge in [-0.3, -0.25) is 4.90 Å². The molecule has 3 nitrogen and oxygen atoms in total. The minimum atomic E-state index is 0.274. The van der Waals surface area contributed by atoms with Crippen molar-refractivity contribution >= 4 is 10.8 Å². The fourth-order valence-corrected chi connectivity index (χ4v) is 5.55. The van der Waals surface area contributed by atoms with Gasteiger partial charge in [-0.05, 0) is 59.7 Å². The van der Waals surface area contributed by atoms with Crippen molar-refractivity contribution in [1.29, 1.82) is 0 Å². The molecule has 5 rings (SSSR count). The number of hydrogen-bond donors (Lipinski definition) is 2. The van der Waals surface area contributed by atoms with Crippen LogP contribution < -0.4 is 5.32 Å². The molecule has 1 saturated heterocycles. The summed E-state index contributed by atoms with van der Waals surface area (Å²) in [7, 11) is 0. The molecular formula is C31H34N2O. The number of phenols is 1. The van der Waals surface area contributed by atoms with Crippen LogP contribution in [0.5, 0.6) is 5.75 Å². The molecule has 1 aliphatic rings. The van der Waals surface area contributed by atoms with Gasteiger partial charge >= 0.3 is 0 Å². The smallest absolute Gasteiger partial charge is 0.120 e. The highest BCUT2D eigenvalue weighted by atomic mass is 16.3. The van der Waals surface area contributed by atoms with Crippen molar-refractivity contribution in [2.24, 2.45) is 5.92 Å². The van der Waals surface area contributed by atoms with E-state index in [1.54, 1.807) is 6.07 Å². The molecule has 0 bridgehead atoms. The maximum absolute atomic E-state index is 10.3. The first kappa shape index (κ1) is 22.6. The molecule has 34 heavy (non-hydrogen) atoms. The van der Waals surface area contributed by atoms with Crippen LogP contribution in [-0.2, 0) is 6.54 Å². The van der Waals surface area contributed by atoms with Gasteiger partial charge in [-0.1, -0.05) is 91.0 Å². The predicted molar refractivity (Wildman–Crippen MR) is 141 cm³/mol. The minimum absolute atomic E-state index is 0.274. The molecule has 0 radical (unpaired) electrons. The van der Waals surface area contributed by atoms with Crippen molar-refractivity contribution in [3.8, 4) is 5.75 Å². The first-order chi connectivity index (χ1) is 16.7. The number of hydrogen-bond acceptors (Lipinski definition) is 3. The lowest BCUT2D eigenvalue weighted by Crippen LogP contribution is -2.43. The Hall–Kier alpha value is -3.14. The average Bonchev–Trinajstić information content (AvgIpc) is 2.89. The number of para-hydroxylation sites is 1. The second kappa shape index (κ2) is 10.4. The Bertz CT molecular complexity index is 1220. The number of nitrogens with one attached hydrogen (secondary N) is 1. The van der Waals surface area contributed by atoms with E-state index in [4.69, 9.17) is 0 Å². The van der Waals surface area contributed by atoms with Crippen molar-refractivity contribution in [2.45, 2.75) is 31.8 Å². The quantitative estimate of drug-likeness (QED) is 0.337. The number of nitrogens with zero attached hydrogens (tertiary/aromatic N) is 1. The van der Waals surface area contributed by atoms with Gasteiger partial charge in [0.05, 0.1) is 0 Å². The van der Waals surface area contributed by atoms with Crippen molar-refractivity contribution < 1.29 is 5.11 Å². The van der Waals surface area contributed by atoms with E-state index in [1.807, 2.05) is 18.2 Å². The SMILES string of the molecule is C[C@@H](NCC1CN(Cc2ccccc2O)CCC1c1ccccc1)c1cccc2ccccc12. The first-order valence-electron chi connectivity index (χ1n) is 12.4. The maximum Gasteiger partial charge on any atom is 0.120 e. The van der Waals surface area contributed by atoms with Gasteiger partial charge in [0.15, 0.2) is 0 Å². The zero-order valence-electron chi connectivity index (χ0n) is 19.9. The molecule has 4 aromatic carbocycles. The van der Waals surface area contributed by atoms with Crippen LogP contribution >= 0.6 is 0 Å². The van der Waals surface area contributed by atoms with Gasteiger partial charge in [0, 0.05) is 31.2 Å². The monoisotopic (exact) mass is 450 g/mol. The Morgan fingerprint density at radius 2 is 1.62 bits per heavy atom. The summed E-state index contributed by atoms with van der Waals surface area (Å²) in [4.78, 5) is 2.50. The van der Waals surface area contributed by atoms with Gasteiger partial charge in [-0.15, -0.1) is 0 Å². The second-order valence-corrected chi connectivity index (χ2v) is 9.63. The molecule has 1 aliphatic heterocycles. The van der Waals surface area contributed by atoms with E-state index in [9.17, 15) is 5.11 Å². The zero-order chi connectivity index (χ0) is 23.3. The normalized spacial score (nSPS) is 19.8. The fraction of sp³-hybridized carbons (Fsp3) is 0.290. The lowest BCUT2D eigenvalue weighted by Gasteiger charge is -2.39. The third-order valence-corrected chi connectivity index (χ3v) is 7.41. The van der Waals surface area contributed by atoms with Crippen LogP contribution in [0.4, 0.5) is 0 Å². The predicted octanol–water partition coefficient (Wildman–Crippen LogP) is 6.50. The Balaban J connectivity index is 1.33. The van der Waals surface area contributed by atoms with Crippen molar-refractivity contribution in [3.05, 3.63) is 114 Å². The minimum Gasteiger partial charge on any atom is -0.508 e. The van der Waals surface area contributed by atoms with E-state index in [-0.39, 0.29) is 6.04 Å². The Morgan fingerprint density at radius 1 is 0.882 bits per heavy atom. The van der Waals surface area contributed by atoms with Gasteiger partial charge < -0.3 is 10.4 Å². The number of fused-ring (bicyclic) bond motifs is 1. The molecule has 0 amide bonds. The van der Waals surface area contributed by atoms with Gasteiger partial charge in [-0.25, -0.2) is 0 Å². The Kier molecular flexibility index (Phi) is 6.94. The highest BCUT2D eigenvalue weighted by Gasteiger charge is 2.30. The standard InChI is InChI=1S/C31H34N2O/c1-23(28-16-9-14-25-12-5-7-15-30(25)28)32-20-27-22-33(21-26-13-6-8-17-31(26)34)19-18-29(27)24-10-3-2-4-11-24/h2-17,23,27,29,32,34H,18-22H2,1H3/t23-,27?,29?/m1/s1.